The molecule has 1 atom stereocenters. The Balaban J connectivity index is 2.53. The van der Waals surface area contributed by atoms with E-state index in [-0.39, 0.29) is 10.7 Å². The van der Waals surface area contributed by atoms with Gasteiger partial charge in [-0.15, -0.1) is 6.58 Å². The molecule has 0 aliphatic heterocycles. The third kappa shape index (κ3) is 2.99. The summed E-state index contributed by atoms with van der Waals surface area (Å²) < 4.78 is 39.0. The maximum absolute atomic E-state index is 13.0. The van der Waals surface area contributed by atoms with Crippen LogP contribution in [0.15, 0.2) is 49.3 Å². The molecule has 2 nitrogen and oxygen atoms in total. The zero-order chi connectivity index (χ0) is 14.8. The average Bonchev–Trinajstić information content (AvgIpc) is 2.41. The molecule has 2 aromatic heterocycles. The van der Waals surface area contributed by atoms with Crippen molar-refractivity contribution in [3.05, 3.63) is 71.3 Å². The van der Waals surface area contributed by atoms with E-state index in [9.17, 15) is 13.2 Å². The molecule has 6 heteroatoms. The quantitative estimate of drug-likeness (QED) is 0.617. The summed E-state index contributed by atoms with van der Waals surface area (Å²) in [6.45, 7) is 3.60. The first kappa shape index (κ1) is 14.5. The van der Waals surface area contributed by atoms with Gasteiger partial charge in [0.25, 0.3) is 0 Å². The van der Waals surface area contributed by atoms with Crippen LogP contribution >= 0.6 is 11.6 Å². The molecule has 2 rings (SSSR count). The van der Waals surface area contributed by atoms with E-state index in [1.54, 1.807) is 6.07 Å². The summed E-state index contributed by atoms with van der Waals surface area (Å²) in [6, 6.07) is 5.99. The van der Waals surface area contributed by atoms with Gasteiger partial charge in [0, 0.05) is 18.3 Å². The van der Waals surface area contributed by atoms with Crippen molar-refractivity contribution in [1.29, 1.82) is 0 Å². The van der Waals surface area contributed by atoms with Crippen LogP contribution in [0.3, 0.4) is 0 Å². The molecule has 0 aromatic carbocycles. The SMILES string of the molecule is C=CC(c1ccc(Cl)nc1)c1cccnc1C(F)(F)F. The Morgan fingerprint density at radius 1 is 1.20 bits per heavy atom. The molecular formula is C14H10ClF3N2. The monoisotopic (exact) mass is 298 g/mol. The fraction of sp³-hybridized carbons (Fsp3) is 0.143. The van der Waals surface area contributed by atoms with Crippen molar-refractivity contribution in [2.75, 3.05) is 0 Å². The van der Waals surface area contributed by atoms with Gasteiger partial charge in [0.1, 0.15) is 10.8 Å². The van der Waals surface area contributed by atoms with Crippen LogP contribution < -0.4 is 0 Å². The Morgan fingerprint density at radius 3 is 2.50 bits per heavy atom. The van der Waals surface area contributed by atoms with E-state index >= 15 is 0 Å². The van der Waals surface area contributed by atoms with E-state index in [1.165, 1.54) is 30.5 Å². The second-order valence-electron chi connectivity index (χ2n) is 4.07. The predicted molar refractivity (Wildman–Crippen MR) is 70.5 cm³/mol. The minimum atomic E-state index is -4.52. The minimum absolute atomic E-state index is 0.0409. The lowest BCUT2D eigenvalue weighted by Crippen LogP contribution is -2.14. The van der Waals surface area contributed by atoms with E-state index in [2.05, 4.69) is 16.5 Å². The molecule has 0 fully saturated rings. The molecule has 2 aromatic rings. The normalized spacial score (nSPS) is 13.0. The minimum Gasteiger partial charge on any atom is -0.251 e. The Hall–Kier alpha value is -1.88. The molecule has 20 heavy (non-hydrogen) atoms. The second-order valence-corrected chi connectivity index (χ2v) is 4.45. The van der Waals surface area contributed by atoms with Crippen molar-refractivity contribution in [2.45, 2.75) is 12.1 Å². The van der Waals surface area contributed by atoms with Crippen molar-refractivity contribution in [2.24, 2.45) is 0 Å². The van der Waals surface area contributed by atoms with Gasteiger partial charge in [0.05, 0.1) is 0 Å². The summed E-state index contributed by atoms with van der Waals surface area (Å²) in [7, 11) is 0. The van der Waals surface area contributed by atoms with Gasteiger partial charge in [-0.2, -0.15) is 13.2 Å². The zero-order valence-corrected chi connectivity index (χ0v) is 11.0. The number of allylic oxidation sites excluding steroid dienone is 1. The van der Waals surface area contributed by atoms with Crippen LogP contribution in [0.2, 0.25) is 5.15 Å². The lowest BCUT2D eigenvalue weighted by molar-refractivity contribution is -0.141. The molecular weight excluding hydrogens is 289 g/mol. The molecule has 0 aliphatic carbocycles. The number of pyridine rings is 2. The molecule has 0 saturated heterocycles. The smallest absolute Gasteiger partial charge is 0.251 e. The highest BCUT2D eigenvalue weighted by Crippen LogP contribution is 2.36. The molecule has 104 valence electrons. The summed E-state index contributed by atoms with van der Waals surface area (Å²) in [4.78, 5) is 7.32. The summed E-state index contributed by atoms with van der Waals surface area (Å²) in [5, 5.41) is 0.277. The molecule has 0 N–H and O–H groups in total. The fourth-order valence-corrected chi connectivity index (χ4v) is 2.03. The molecule has 0 aliphatic rings. The first-order valence-corrected chi connectivity index (χ1v) is 6.07. The highest BCUT2D eigenvalue weighted by Gasteiger charge is 2.36. The number of aromatic nitrogens is 2. The zero-order valence-electron chi connectivity index (χ0n) is 10.2. The number of hydrogen-bond acceptors (Lipinski definition) is 2. The predicted octanol–water partition coefficient (Wildman–Crippen LogP) is 4.47. The molecule has 2 heterocycles. The number of hydrogen-bond donors (Lipinski definition) is 0. The van der Waals surface area contributed by atoms with Crippen molar-refractivity contribution in [3.63, 3.8) is 0 Å². The first-order chi connectivity index (χ1) is 9.43. The lowest BCUT2D eigenvalue weighted by atomic mass is 9.91. The first-order valence-electron chi connectivity index (χ1n) is 5.69. The van der Waals surface area contributed by atoms with Crippen LogP contribution in [-0.4, -0.2) is 9.97 Å². The molecule has 0 bridgehead atoms. The third-order valence-electron chi connectivity index (χ3n) is 2.79. The van der Waals surface area contributed by atoms with Crippen LogP contribution in [0.25, 0.3) is 0 Å². The standard InChI is InChI=1S/C14H10ClF3N2/c1-2-10(9-5-6-12(15)20-8-9)11-4-3-7-19-13(11)14(16,17)18/h2-8,10H,1H2. The van der Waals surface area contributed by atoms with Gasteiger partial charge in [0.2, 0.25) is 0 Å². The van der Waals surface area contributed by atoms with Crippen LogP contribution in [0, 0.1) is 0 Å². The van der Waals surface area contributed by atoms with E-state index in [1.807, 2.05) is 0 Å². The second kappa shape index (κ2) is 5.63. The molecule has 0 radical (unpaired) electrons. The Bertz CT molecular complexity index is 609. The van der Waals surface area contributed by atoms with E-state index in [4.69, 9.17) is 11.6 Å². The van der Waals surface area contributed by atoms with Gasteiger partial charge >= 0.3 is 6.18 Å². The van der Waals surface area contributed by atoms with E-state index in [0.29, 0.717) is 5.56 Å². The lowest BCUT2D eigenvalue weighted by Gasteiger charge is -2.18. The number of rotatable bonds is 3. The largest absolute Gasteiger partial charge is 0.433 e. The number of alkyl halides is 3. The van der Waals surface area contributed by atoms with Gasteiger partial charge < -0.3 is 0 Å². The fourth-order valence-electron chi connectivity index (χ4n) is 1.92. The Labute approximate surface area is 118 Å². The van der Waals surface area contributed by atoms with Crippen molar-refractivity contribution in [1.82, 2.24) is 9.97 Å². The van der Waals surface area contributed by atoms with Gasteiger partial charge in [-0.25, -0.2) is 4.98 Å². The van der Waals surface area contributed by atoms with Crippen LogP contribution in [0.5, 0.6) is 0 Å². The van der Waals surface area contributed by atoms with E-state index in [0.717, 1.165) is 6.20 Å². The Morgan fingerprint density at radius 2 is 1.95 bits per heavy atom. The number of halogens is 4. The van der Waals surface area contributed by atoms with Gasteiger partial charge in [-0.05, 0) is 23.3 Å². The molecule has 0 amide bonds. The van der Waals surface area contributed by atoms with Gasteiger partial charge in [-0.3, -0.25) is 4.98 Å². The van der Waals surface area contributed by atoms with Crippen LogP contribution in [-0.2, 0) is 6.18 Å². The van der Waals surface area contributed by atoms with Crippen molar-refractivity contribution >= 4 is 11.6 Å². The van der Waals surface area contributed by atoms with Crippen LogP contribution in [0.4, 0.5) is 13.2 Å². The summed E-state index contributed by atoms with van der Waals surface area (Å²) in [5.41, 5.74) is -0.304. The number of nitrogens with zero attached hydrogens (tertiary/aromatic N) is 2. The van der Waals surface area contributed by atoms with Gasteiger partial charge in [0.15, 0.2) is 0 Å². The maximum atomic E-state index is 13.0. The molecule has 0 saturated carbocycles. The Kier molecular flexibility index (Phi) is 4.09. The van der Waals surface area contributed by atoms with Crippen molar-refractivity contribution < 1.29 is 13.2 Å². The average molecular weight is 299 g/mol. The highest BCUT2D eigenvalue weighted by molar-refractivity contribution is 6.29. The van der Waals surface area contributed by atoms with Crippen molar-refractivity contribution in [3.8, 4) is 0 Å². The van der Waals surface area contributed by atoms with Crippen LogP contribution in [0.1, 0.15) is 22.7 Å². The summed E-state index contributed by atoms with van der Waals surface area (Å²) >= 11 is 5.68. The van der Waals surface area contributed by atoms with E-state index < -0.39 is 17.8 Å². The van der Waals surface area contributed by atoms with Gasteiger partial charge in [-0.1, -0.05) is 29.8 Å². The molecule has 1 unspecified atom stereocenters. The summed E-state index contributed by atoms with van der Waals surface area (Å²) in [6.07, 6.45) is -0.538. The maximum Gasteiger partial charge on any atom is 0.433 e. The highest BCUT2D eigenvalue weighted by atomic mass is 35.5. The summed E-state index contributed by atoms with van der Waals surface area (Å²) in [5.74, 6) is -0.648. The topological polar surface area (TPSA) is 25.8 Å². The third-order valence-corrected chi connectivity index (χ3v) is 3.01. The molecule has 0 spiro atoms.